The van der Waals surface area contributed by atoms with Gasteiger partial charge in [-0.1, -0.05) is 5.16 Å². The Hall–Kier alpha value is -2.51. The number of carbonyl (C=O) groups excluding carboxylic acids is 1. The molecule has 100 valence electrons. The molecule has 2 aromatic rings. The van der Waals surface area contributed by atoms with Gasteiger partial charge in [0.2, 0.25) is 0 Å². The van der Waals surface area contributed by atoms with Crippen LogP contribution in [0.5, 0.6) is 0 Å². The third-order valence-electron chi connectivity index (χ3n) is 2.23. The Balaban J connectivity index is 2.21. The van der Waals surface area contributed by atoms with Crippen LogP contribution in [0.25, 0.3) is 0 Å². The van der Waals surface area contributed by atoms with E-state index in [1.165, 1.54) is 12.3 Å². The predicted octanol–water partition coefficient (Wildman–Crippen LogP) is 1.60. The van der Waals surface area contributed by atoms with Gasteiger partial charge in [-0.05, 0) is 19.9 Å². The molecule has 7 nitrogen and oxygen atoms in total. The number of amides is 1. The maximum absolute atomic E-state index is 14.0. The van der Waals surface area contributed by atoms with E-state index in [1.807, 2.05) is 0 Å². The monoisotopic (exact) mass is 265 g/mol. The minimum atomic E-state index is -0.724. The van der Waals surface area contributed by atoms with Gasteiger partial charge in [0.25, 0.3) is 5.91 Å². The Morgan fingerprint density at radius 3 is 2.95 bits per heavy atom. The maximum Gasteiger partial charge on any atom is 0.328 e. The van der Waals surface area contributed by atoms with Crippen molar-refractivity contribution in [2.45, 2.75) is 13.8 Å². The number of hydrogen-bond donors (Lipinski definition) is 2. The summed E-state index contributed by atoms with van der Waals surface area (Å²) in [5, 5.41) is 8.55. The van der Waals surface area contributed by atoms with Crippen LogP contribution in [0.3, 0.4) is 0 Å². The quantitative estimate of drug-likeness (QED) is 0.872. The fraction of sp³-hybridized carbons (Fsp3) is 0.273. The number of hydrogen-bond acceptors (Lipinski definition) is 6. The highest BCUT2D eigenvalue weighted by molar-refractivity contribution is 6.03. The van der Waals surface area contributed by atoms with Gasteiger partial charge in [-0.25, -0.2) is 9.37 Å². The van der Waals surface area contributed by atoms with Gasteiger partial charge in [-0.2, -0.15) is 4.98 Å². The molecule has 2 N–H and O–H groups in total. The average Bonchev–Trinajstić information content (AvgIpc) is 2.77. The summed E-state index contributed by atoms with van der Waals surface area (Å²) in [7, 11) is 0. The molecule has 0 aromatic carbocycles. The molecule has 0 aliphatic heterocycles. The second-order valence-electron chi connectivity index (χ2n) is 3.65. The first-order valence-electron chi connectivity index (χ1n) is 5.62. The number of aromatic nitrogens is 3. The van der Waals surface area contributed by atoms with E-state index in [0.29, 0.717) is 12.4 Å². The summed E-state index contributed by atoms with van der Waals surface area (Å²) in [6, 6.07) is 1.19. The lowest BCUT2D eigenvalue weighted by atomic mass is 10.2. The molecule has 0 aliphatic rings. The van der Waals surface area contributed by atoms with Crippen molar-refractivity contribution in [2.75, 3.05) is 17.2 Å². The number of carbonyl (C=O) groups is 1. The predicted molar refractivity (Wildman–Crippen MR) is 65.3 cm³/mol. The van der Waals surface area contributed by atoms with E-state index in [0.717, 1.165) is 0 Å². The highest BCUT2D eigenvalue weighted by Gasteiger charge is 2.17. The lowest BCUT2D eigenvalue weighted by Crippen LogP contribution is -2.16. The summed E-state index contributed by atoms with van der Waals surface area (Å²) in [6.07, 6.45) is 1.34. The molecule has 2 aromatic heterocycles. The van der Waals surface area contributed by atoms with Gasteiger partial charge in [-0.15, -0.1) is 0 Å². The molecular formula is C11H12FN5O2. The number of pyridine rings is 1. The van der Waals surface area contributed by atoms with Crippen LogP contribution in [0.1, 0.15) is 23.1 Å². The zero-order valence-corrected chi connectivity index (χ0v) is 10.4. The van der Waals surface area contributed by atoms with Crippen molar-refractivity contribution >= 4 is 17.7 Å². The van der Waals surface area contributed by atoms with Crippen molar-refractivity contribution in [1.82, 2.24) is 15.1 Å². The topological polar surface area (TPSA) is 92.9 Å². The zero-order valence-electron chi connectivity index (χ0n) is 10.4. The molecule has 0 atom stereocenters. The molecule has 0 spiro atoms. The molecule has 1 amide bonds. The average molecular weight is 265 g/mol. The number of nitrogens with one attached hydrogen (secondary N) is 2. The van der Waals surface area contributed by atoms with Crippen LogP contribution >= 0.6 is 0 Å². The van der Waals surface area contributed by atoms with Crippen LogP contribution in [0.15, 0.2) is 16.8 Å². The van der Waals surface area contributed by atoms with Crippen molar-refractivity contribution in [3.05, 3.63) is 29.5 Å². The number of anilines is 2. The van der Waals surface area contributed by atoms with Crippen LogP contribution in [0.4, 0.5) is 16.2 Å². The highest BCUT2D eigenvalue weighted by Crippen LogP contribution is 2.16. The fourth-order valence-electron chi connectivity index (χ4n) is 1.42. The number of rotatable bonds is 4. The molecule has 0 bridgehead atoms. The molecule has 0 aliphatic carbocycles. The van der Waals surface area contributed by atoms with E-state index in [-0.39, 0.29) is 17.4 Å². The molecule has 0 radical (unpaired) electrons. The molecule has 0 fully saturated rings. The number of nitrogens with zero attached hydrogens (tertiary/aromatic N) is 3. The first kappa shape index (κ1) is 12.9. The smallest absolute Gasteiger partial charge is 0.328 e. The molecular weight excluding hydrogens is 253 g/mol. The van der Waals surface area contributed by atoms with Gasteiger partial charge < -0.3 is 9.84 Å². The Kier molecular flexibility index (Phi) is 3.69. The normalized spacial score (nSPS) is 10.3. The molecule has 0 saturated carbocycles. The standard InChI is InChI=1S/C11H12FN5O2/c1-3-13-9-8(12)7(4-5-14-9)10(18)16-11-15-6(2)17-19-11/h4-5H,3H2,1-2H3,(H,13,14)(H,15,16,17,18). The van der Waals surface area contributed by atoms with Crippen LogP contribution in [0, 0.1) is 12.7 Å². The van der Waals surface area contributed by atoms with Gasteiger partial charge in [-0.3, -0.25) is 10.1 Å². The van der Waals surface area contributed by atoms with Crippen LogP contribution in [-0.4, -0.2) is 27.6 Å². The summed E-state index contributed by atoms with van der Waals surface area (Å²) < 4.78 is 18.7. The molecule has 2 heterocycles. The van der Waals surface area contributed by atoms with Gasteiger partial charge in [0.1, 0.15) is 0 Å². The Morgan fingerprint density at radius 1 is 1.53 bits per heavy atom. The first-order valence-corrected chi connectivity index (χ1v) is 5.62. The maximum atomic E-state index is 14.0. The van der Waals surface area contributed by atoms with E-state index in [2.05, 4.69) is 25.8 Å². The summed E-state index contributed by atoms with van der Waals surface area (Å²) in [5.41, 5.74) is -0.151. The Morgan fingerprint density at radius 2 is 2.32 bits per heavy atom. The van der Waals surface area contributed by atoms with Gasteiger partial charge in [0.05, 0.1) is 5.56 Å². The minimum Gasteiger partial charge on any atom is -0.368 e. The van der Waals surface area contributed by atoms with Crippen LogP contribution < -0.4 is 10.6 Å². The van der Waals surface area contributed by atoms with Crippen molar-refractivity contribution in [3.8, 4) is 0 Å². The van der Waals surface area contributed by atoms with Gasteiger partial charge in [0.15, 0.2) is 17.5 Å². The molecule has 2 rings (SSSR count). The third-order valence-corrected chi connectivity index (χ3v) is 2.23. The minimum absolute atomic E-state index is 0.0249. The SMILES string of the molecule is CCNc1nccc(C(=O)Nc2nc(C)no2)c1F. The van der Waals surface area contributed by atoms with Crippen molar-refractivity contribution in [3.63, 3.8) is 0 Å². The second-order valence-corrected chi connectivity index (χ2v) is 3.65. The number of halogens is 1. The van der Waals surface area contributed by atoms with Crippen molar-refractivity contribution in [2.24, 2.45) is 0 Å². The van der Waals surface area contributed by atoms with E-state index in [1.54, 1.807) is 13.8 Å². The number of aryl methyl sites for hydroxylation is 1. The van der Waals surface area contributed by atoms with E-state index in [9.17, 15) is 9.18 Å². The zero-order chi connectivity index (χ0) is 13.8. The highest BCUT2D eigenvalue weighted by atomic mass is 19.1. The Bertz CT molecular complexity index is 599. The Labute approximate surface area is 108 Å². The summed E-state index contributed by atoms with van der Waals surface area (Å²) in [4.78, 5) is 19.5. The van der Waals surface area contributed by atoms with E-state index >= 15 is 0 Å². The summed E-state index contributed by atoms with van der Waals surface area (Å²) in [5.74, 6) is -1.00. The largest absolute Gasteiger partial charge is 0.368 e. The second kappa shape index (κ2) is 5.42. The van der Waals surface area contributed by atoms with Crippen LogP contribution in [-0.2, 0) is 0 Å². The van der Waals surface area contributed by atoms with Crippen molar-refractivity contribution < 1.29 is 13.7 Å². The van der Waals surface area contributed by atoms with Gasteiger partial charge in [0, 0.05) is 12.7 Å². The lowest BCUT2D eigenvalue weighted by molar-refractivity contribution is 0.101. The van der Waals surface area contributed by atoms with Crippen LogP contribution in [0.2, 0.25) is 0 Å². The molecule has 19 heavy (non-hydrogen) atoms. The summed E-state index contributed by atoms with van der Waals surface area (Å²) >= 11 is 0. The van der Waals surface area contributed by atoms with E-state index in [4.69, 9.17) is 4.52 Å². The van der Waals surface area contributed by atoms with E-state index < -0.39 is 11.7 Å². The molecule has 8 heteroatoms. The third kappa shape index (κ3) is 2.84. The first-order chi connectivity index (χ1) is 9.11. The lowest BCUT2D eigenvalue weighted by Gasteiger charge is -2.07. The fourth-order valence-corrected chi connectivity index (χ4v) is 1.42. The van der Waals surface area contributed by atoms with Crippen molar-refractivity contribution in [1.29, 1.82) is 0 Å². The molecule has 0 unspecified atom stereocenters. The van der Waals surface area contributed by atoms with Gasteiger partial charge >= 0.3 is 6.01 Å². The molecule has 0 saturated heterocycles. The summed E-state index contributed by atoms with van der Waals surface area (Å²) in [6.45, 7) is 3.91.